The summed E-state index contributed by atoms with van der Waals surface area (Å²) in [5.41, 5.74) is 0.926. The number of carbonyl (C=O) groups excluding carboxylic acids is 3. The summed E-state index contributed by atoms with van der Waals surface area (Å²) in [6, 6.07) is 12.3. The summed E-state index contributed by atoms with van der Waals surface area (Å²) in [6.45, 7) is -0.456. The van der Waals surface area contributed by atoms with Crippen molar-refractivity contribution >= 4 is 23.3 Å². The maximum atomic E-state index is 12.3. The van der Waals surface area contributed by atoms with Crippen LogP contribution < -0.4 is 14.8 Å². The van der Waals surface area contributed by atoms with Crippen molar-refractivity contribution in [1.82, 2.24) is 0 Å². The molecule has 1 N–H and O–H groups in total. The van der Waals surface area contributed by atoms with Crippen LogP contribution in [0, 0.1) is 11.3 Å². The highest BCUT2D eigenvalue weighted by molar-refractivity contribution is 6.01. The van der Waals surface area contributed by atoms with Gasteiger partial charge >= 0.3 is 5.97 Å². The lowest BCUT2D eigenvalue weighted by atomic mass is 10.1. The Morgan fingerprint density at radius 3 is 2.36 bits per heavy atom. The Balaban J connectivity index is 1.97. The Kier molecular flexibility index (Phi) is 7.11. The van der Waals surface area contributed by atoms with E-state index >= 15 is 0 Å². The molecule has 144 valence electrons. The van der Waals surface area contributed by atoms with Crippen LogP contribution in [0.3, 0.4) is 0 Å². The molecule has 0 saturated carbocycles. The molecule has 0 bridgehead atoms. The number of anilines is 1. The lowest BCUT2D eigenvalue weighted by molar-refractivity contribution is -0.115. The fourth-order valence-electron chi connectivity index (χ4n) is 2.29. The molecule has 2 aromatic rings. The second-order valence-corrected chi connectivity index (χ2v) is 5.53. The third-order valence-electron chi connectivity index (χ3n) is 3.69. The minimum Gasteiger partial charge on any atom is -0.497 e. The van der Waals surface area contributed by atoms with Crippen LogP contribution in [0.25, 0.3) is 0 Å². The van der Waals surface area contributed by atoms with Gasteiger partial charge < -0.3 is 19.5 Å². The molecule has 0 aliphatic carbocycles. The van der Waals surface area contributed by atoms with Gasteiger partial charge in [0, 0.05) is 11.8 Å². The Morgan fingerprint density at radius 1 is 1.04 bits per heavy atom. The molecule has 0 saturated heterocycles. The number of methoxy groups -OCH3 is 2. The van der Waals surface area contributed by atoms with E-state index in [4.69, 9.17) is 19.5 Å². The number of rotatable bonds is 8. The van der Waals surface area contributed by atoms with Crippen molar-refractivity contribution < 1.29 is 28.6 Å². The third-order valence-corrected chi connectivity index (χ3v) is 3.69. The van der Waals surface area contributed by atoms with Crippen molar-refractivity contribution in [2.45, 2.75) is 6.42 Å². The highest BCUT2D eigenvalue weighted by Gasteiger charge is 2.16. The zero-order valence-electron chi connectivity index (χ0n) is 15.4. The molecular formula is C20H18N2O6. The van der Waals surface area contributed by atoms with Gasteiger partial charge in [-0.3, -0.25) is 9.59 Å². The fourth-order valence-corrected chi connectivity index (χ4v) is 2.29. The van der Waals surface area contributed by atoms with Gasteiger partial charge in [-0.15, -0.1) is 0 Å². The van der Waals surface area contributed by atoms with Crippen molar-refractivity contribution in [2.24, 2.45) is 0 Å². The lowest BCUT2D eigenvalue weighted by Crippen LogP contribution is -2.15. The van der Waals surface area contributed by atoms with Crippen LogP contribution in [0.5, 0.6) is 11.5 Å². The second kappa shape index (κ2) is 9.73. The number of esters is 1. The molecule has 0 aromatic heterocycles. The van der Waals surface area contributed by atoms with Crippen molar-refractivity contribution in [1.29, 1.82) is 5.26 Å². The monoisotopic (exact) mass is 382 g/mol. The van der Waals surface area contributed by atoms with Crippen molar-refractivity contribution in [2.75, 3.05) is 26.1 Å². The van der Waals surface area contributed by atoms with Crippen molar-refractivity contribution in [3.05, 3.63) is 53.6 Å². The predicted octanol–water partition coefficient (Wildman–Crippen LogP) is 2.60. The van der Waals surface area contributed by atoms with Crippen molar-refractivity contribution in [3.8, 4) is 17.6 Å². The number of Topliss-reactive ketones (excluding diaryl/α,β-unsaturated/α-hetero) is 1. The molecule has 0 unspecified atom stereocenters. The normalized spacial score (nSPS) is 9.75. The second-order valence-electron chi connectivity index (χ2n) is 5.53. The first kappa shape index (κ1) is 20.5. The quantitative estimate of drug-likeness (QED) is 0.551. The third kappa shape index (κ3) is 5.32. The summed E-state index contributed by atoms with van der Waals surface area (Å²) in [4.78, 5) is 35.8. The molecule has 2 aromatic carbocycles. The van der Waals surface area contributed by atoms with Crippen LogP contribution in [-0.4, -0.2) is 38.5 Å². The number of hydrogen-bond donors (Lipinski definition) is 1. The van der Waals surface area contributed by atoms with E-state index in [0.717, 1.165) is 0 Å². The van der Waals surface area contributed by atoms with Crippen LogP contribution in [-0.2, 0) is 9.53 Å². The minimum atomic E-state index is -0.685. The van der Waals surface area contributed by atoms with Gasteiger partial charge in [0.15, 0.2) is 6.61 Å². The molecule has 8 nitrogen and oxygen atoms in total. The van der Waals surface area contributed by atoms with Gasteiger partial charge in [0.2, 0.25) is 11.7 Å². The van der Waals surface area contributed by atoms with Gasteiger partial charge in [0.25, 0.3) is 0 Å². The number of nitrogens with zero attached hydrogens (tertiary/aromatic N) is 1. The summed E-state index contributed by atoms with van der Waals surface area (Å²) in [6.07, 6.45) is -0.263. The molecule has 1 amide bonds. The van der Waals surface area contributed by atoms with E-state index in [1.165, 1.54) is 44.6 Å². The lowest BCUT2D eigenvalue weighted by Gasteiger charge is -2.10. The number of nitrogens with one attached hydrogen (secondary N) is 1. The van der Waals surface area contributed by atoms with E-state index in [-0.39, 0.29) is 17.5 Å². The number of ether oxygens (including phenoxy) is 3. The molecule has 0 atom stereocenters. The molecule has 0 spiro atoms. The number of carbonyl (C=O) groups is 3. The maximum Gasteiger partial charge on any atom is 0.338 e. The summed E-state index contributed by atoms with van der Waals surface area (Å²) in [5.74, 6) is -0.703. The van der Waals surface area contributed by atoms with Gasteiger partial charge in [-0.1, -0.05) is 0 Å². The van der Waals surface area contributed by atoms with E-state index in [2.05, 4.69) is 5.32 Å². The summed E-state index contributed by atoms with van der Waals surface area (Å²) >= 11 is 0. The number of nitriles is 1. The first-order valence-electron chi connectivity index (χ1n) is 8.17. The number of hydrogen-bond acceptors (Lipinski definition) is 7. The summed E-state index contributed by atoms with van der Waals surface area (Å²) in [7, 11) is 2.92. The molecule has 0 fully saturated rings. The SMILES string of the molecule is COc1ccc(C(=O)COC(=O)c2ccc(NC(=O)CC#N)cc2)c(OC)c1. The molecule has 0 aliphatic heterocycles. The highest BCUT2D eigenvalue weighted by Crippen LogP contribution is 2.25. The smallest absolute Gasteiger partial charge is 0.338 e. The molecule has 28 heavy (non-hydrogen) atoms. The maximum absolute atomic E-state index is 12.3. The minimum absolute atomic E-state index is 0.216. The molecule has 0 aliphatic rings. The van der Waals surface area contributed by atoms with E-state index in [0.29, 0.717) is 17.2 Å². The highest BCUT2D eigenvalue weighted by atomic mass is 16.5. The Hall–Kier alpha value is -3.86. The van der Waals surface area contributed by atoms with Crippen molar-refractivity contribution in [3.63, 3.8) is 0 Å². The fraction of sp³-hybridized carbons (Fsp3) is 0.200. The number of benzene rings is 2. The van der Waals surface area contributed by atoms with Crippen LogP contribution in [0.2, 0.25) is 0 Å². The molecule has 8 heteroatoms. The van der Waals surface area contributed by atoms with Crippen LogP contribution in [0.1, 0.15) is 27.1 Å². The first-order valence-corrected chi connectivity index (χ1v) is 8.17. The Labute approximate surface area is 161 Å². The summed E-state index contributed by atoms with van der Waals surface area (Å²) in [5, 5.41) is 11.0. The van der Waals surface area contributed by atoms with E-state index in [1.54, 1.807) is 18.2 Å². The molecule has 0 heterocycles. The summed E-state index contributed by atoms with van der Waals surface area (Å²) < 4.78 is 15.3. The van der Waals surface area contributed by atoms with Crippen LogP contribution >= 0.6 is 0 Å². The van der Waals surface area contributed by atoms with E-state index in [1.807, 2.05) is 0 Å². The van der Waals surface area contributed by atoms with E-state index < -0.39 is 24.3 Å². The average Bonchev–Trinajstić information content (AvgIpc) is 2.71. The largest absolute Gasteiger partial charge is 0.497 e. The van der Waals surface area contributed by atoms with E-state index in [9.17, 15) is 14.4 Å². The molecule has 0 radical (unpaired) electrons. The van der Waals surface area contributed by atoms with Gasteiger partial charge in [0.1, 0.15) is 17.9 Å². The molecular weight excluding hydrogens is 364 g/mol. The van der Waals surface area contributed by atoms with Gasteiger partial charge in [0.05, 0.1) is 31.4 Å². The topological polar surface area (TPSA) is 115 Å². The van der Waals surface area contributed by atoms with Gasteiger partial charge in [-0.25, -0.2) is 4.79 Å². The van der Waals surface area contributed by atoms with Gasteiger partial charge in [-0.2, -0.15) is 5.26 Å². The van der Waals surface area contributed by atoms with Gasteiger partial charge in [-0.05, 0) is 36.4 Å². The average molecular weight is 382 g/mol. The Bertz CT molecular complexity index is 915. The number of amides is 1. The first-order chi connectivity index (χ1) is 13.5. The predicted molar refractivity (Wildman–Crippen MR) is 99.5 cm³/mol. The zero-order chi connectivity index (χ0) is 20.5. The Morgan fingerprint density at radius 2 is 1.75 bits per heavy atom. The molecule has 2 rings (SSSR count). The standard InChI is InChI=1S/C20H18N2O6/c1-26-15-7-8-16(18(11-15)27-2)17(23)12-28-20(25)13-3-5-14(6-4-13)22-19(24)9-10-21/h3-8,11H,9,12H2,1-2H3,(H,22,24). The zero-order valence-corrected chi connectivity index (χ0v) is 15.4. The van der Waals surface area contributed by atoms with Crippen LogP contribution in [0.15, 0.2) is 42.5 Å². The number of ketones is 1. The van der Waals surface area contributed by atoms with Crippen LogP contribution in [0.4, 0.5) is 5.69 Å².